The highest BCUT2D eigenvalue weighted by atomic mass is 19.4. The summed E-state index contributed by atoms with van der Waals surface area (Å²) >= 11 is 0. The summed E-state index contributed by atoms with van der Waals surface area (Å²) in [6.45, 7) is 1.24. The first-order chi connectivity index (χ1) is 13.0. The Morgan fingerprint density at radius 1 is 1.07 bits per heavy atom. The summed E-state index contributed by atoms with van der Waals surface area (Å²) in [4.78, 5) is 4.11. The van der Waals surface area contributed by atoms with E-state index in [4.69, 9.17) is 9.47 Å². The number of aliphatic imine (C=N–C) groups is 1. The fourth-order valence-electron chi connectivity index (χ4n) is 2.59. The lowest BCUT2D eigenvalue weighted by molar-refractivity contribution is -0.137. The second-order valence-corrected chi connectivity index (χ2v) is 6.00. The van der Waals surface area contributed by atoms with Crippen LogP contribution in [0.4, 0.5) is 13.2 Å². The molecule has 0 saturated heterocycles. The number of benzene rings is 2. The van der Waals surface area contributed by atoms with E-state index in [-0.39, 0.29) is 6.10 Å². The monoisotopic (exact) mass is 379 g/mol. The molecule has 1 aliphatic rings. The van der Waals surface area contributed by atoms with Crippen LogP contribution in [0.3, 0.4) is 0 Å². The number of alkyl halides is 3. The third-order valence-corrected chi connectivity index (χ3v) is 4.03. The number of hydrogen-bond donors (Lipinski definition) is 2. The fraction of sp³-hybridized carbons (Fsp3) is 0.316. The van der Waals surface area contributed by atoms with Crippen molar-refractivity contribution >= 4 is 5.96 Å². The summed E-state index contributed by atoms with van der Waals surface area (Å²) in [6, 6.07) is 12.5. The summed E-state index contributed by atoms with van der Waals surface area (Å²) in [5, 5.41) is 6.19. The van der Waals surface area contributed by atoms with E-state index in [1.165, 1.54) is 12.1 Å². The SMILES string of the molecule is CN=C(NCc1ccc(C(F)(F)F)cc1)NCC1COc2ccccc2O1. The molecule has 0 radical (unpaired) electrons. The third-order valence-electron chi connectivity index (χ3n) is 4.03. The van der Waals surface area contributed by atoms with Gasteiger partial charge in [0.1, 0.15) is 12.7 Å². The van der Waals surface area contributed by atoms with Crippen molar-refractivity contribution in [3.63, 3.8) is 0 Å². The number of hydrogen-bond acceptors (Lipinski definition) is 3. The van der Waals surface area contributed by atoms with Gasteiger partial charge in [-0.15, -0.1) is 0 Å². The second-order valence-electron chi connectivity index (χ2n) is 6.00. The molecule has 2 N–H and O–H groups in total. The number of nitrogens with one attached hydrogen (secondary N) is 2. The maximum atomic E-state index is 12.6. The Morgan fingerprint density at radius 2 is 1.78 bits per heavy atom. The first-order valence-electron chi connectivity index (χ1n) is 8.45. The Bertz CT molecular complexity index is 792. The molecule has 0 saturated carbocycles. The minimum Gasteiger partial charge on any atom is -0.486 e. The van der Waals surface area contributed by atoms with Crippen LogP contribution in [0.15, 0.2) is 53.5 Å². The first-order valence-corrected chi connectivity index (χ1v) is 8.45. The van der Waals surface area contributed by atoms with Crippen LogP contribution in [0.1, 0.15) is 11.1 Å². The van der Waals surface area contributed by atoms with Crippen LogP contribution in [-0.2, 0) is 12.7 Å². The van der Waals surface area contributed by atoms with Crippen LogP contribution in [0.2, 0.25) is 0 Å². The number of ether oxygens (including phenoxy) is 2. The molecule has 0 aliphatic carbocycles. The Labute approximate surface area is 155 Å². The Balaban J connectivity index is 1.47. The highest BCUT2D eigenvalue weighted by Crippen LogP contribution is 2.31. The molecule has 27 heavy (non-hydrogen) atoms. The molecular weight excluding hydrogens is 359 g/mol. The lowest BCUT2D eigenvalue weighted by atomic mass is 10.1. The number of nitrogens with zero attached hydrogens (tertiary/aromatic N) is 1. The van der Waals surface area contributed by atoms with Gasteiger partial charge in [-0.2, -0.15) is 13.2 Å². The van der Waals surface area contributed by atoms with Crippen LogP contribution >= 0.6 is 0 Å². The maximum Gasteiger partial charge on any atom is 0.416 e. The molecule has 2 aromatic rings. The van der Waals surface area contributed by atoms with Crippen molar-refractivity contribution in [3.05, 3.63) is 59.7 Å². The minimum absolute atomic E-state index is 0.176. The third kappa shape index (κ3) is 5.06. The summed E-state index contributed by atoms with van der Waals surface area (Å²) in [6.07, 6.45) is -4.51. The van der Waals surface area contributed by atoms with E-state index >= 15 is 0 Å². The molecule has 1 unspecified atom stereocenters. The van der Waals surface area contributed by atoms with E-state index in [1.54, 1.807) is 7.05 Å². The standard InChI is InChI=1S/C19H20F3N3O2/c1-23-18(24-10-13-6-8-14(9-7-13)19(20,21)22)25-11-15-12-26-16-4-2-3-5-17(16)27-15/h2-9,15H,10-12H2,1H3,(H2,23,24,25). The molecule has 3 rings (SSSR count). The van der Waals surface area contributed by atoms with E-state index in [0.29, 0.717) is 31.4 Å². The van der Waals surface area contributed by atoms with Gasteiger partial charge < -0.3 is 20.1 Å². The Morgan fingerprint density at radius 3 is 2.44 bits per heavy atom. The molecular formula is C19H20F3N3O2. The number of halogens is 3. The minimum atomic E-state index is -4.33. The molecule has 0 bridgehead atoms. The first kappa shape index (κ1) is 18.9. The van der Waals surface area contributed by atoms with Gasteiger partial charge in [0.05, 0.1) is 12.1 Å². The van der Waals surface area contributed by atoms with Gasteiger partial charge >= 0.3 is 6.18 Å². The molecule has 0 amide bonds. The van der Waals surface area contributed by atoms with Crippen molar-refractivity contribution in [1.82, 2.24) is 10.6 Å². The lowest BCUT2D eigenvalue weighted by Gasteiger charge is -2.27. The molecule has 5 nitrogen and oxygen atoms in total. The maximum absolute atomic E-state index is 12.6. The van der Waals surface area contributed by atoms with Gasteiger partial charge in [0, 0.05) is 13.6 Å². The van der Waals surface area contributed by atoms with E-state index in [2.05, 4.69) is 15.6 Å². The molecule has 2 aromatic carbocycles. The van der Waals surface area contributed by atoms with Crippen LogP contribution in [0.5, 0.6) is 11.5 Å². The van der Waals surface area contributed by atoms with E-state index in [9.17, 15) is 13.2 Å². The number of para-hydroxylation sites is 2. The average molecular weight is 379 g/mol. The van der Waals surface area contributed by atoms with E-state index in [0.717, 1.165) is 23.4 Å². The topological polar surface area (TPSA) is 54.9 Å². The average Bonchev–Trinajstić information content (AvgIpc) is 2.67. The largest absolute Gasteiger partial charge is 0.486 e. The van der Waals surface area contributed by atoms with Gasteiger partial charge in [-0.05, 0) is 29.8 Å². The predicted molar refractivity (Wildman–Crippen MR) is 96.0 cm³/mol. The van der Waals surface area contributed by atoms with Crippen molar-refractivity contribution in [2.75, 3.05) is 20.2 Å². The highest BCUT2D eigenvalue weighted by Gasteiger charge is 2.29. The summed E-state index contributed by atoms with van der Waals surface area (Å²) in [5.41, 5.74) is 0.0561. The van der Waals surface area contributed by atoms with Crippen molar-refractivity contribution in [2.24, 2.45) is 4.99 Å². The van der Waals surface area contributed by atoms with E-state index < -0.39 is 11.7 Å². The van der Waals surface area contributed by atoms with Gasteiger partial charge in [-0.25, -0.2) is 0 Å². The molecule has 0 aromatic heterocycles. The zero-order valence-electron chi connectivity index (χ0n) is 14.7. The molecule has 144 valence electrons. The van der Waals surface area contributed by atoms with Gasteiger partial charge in [0.15, 0.2) is 17.5 Å². The fourth-order valence-corrected chi connectivity index (χ4v) is 2.59. The lowest BCUT2D eigenvalue weighted by Crippen LogP contribution is -2.45. The summed E-state index contributed by atoms with van der Waals surface area (Å²) in [7, 11) is 1.62. The van der Waals surface area contributed by atoms with Crippen molar-refractivity contribution < 1.29 is 22.6 Å². The molecule has 8 heteroatoms. The normalized spacial score (nSPS) is 16.7. The van der Waals surface area contributed by atoms with E-state index in [1.807, 2.05) is 24.3 Å². The zero-order valence-corrected chi connectivity index (χ0v) is 14.7. The van der Waals surface area contributed by atoms with Gasteiger partial charge in [0.2, 0.25) is 0 Å². The van der Waals surface area contributed by atoms with Crippen molar-refractivity contribution in [3.8, 4) is 11.5 Å². The van der Waals surface area contributed by atoms with Crippen LogP contribution in [0.25, 0.3) is 0 Å². The molecule has 1 atom stereocenters. The number of guanidine groups is 1. The van der Waals surface area contributed by atoms with Gasteiger partial charge in [-0.3, -0.25) is 4.99 Å². The van der Waals surface area contributed by atoms with Gasteiger partial charge in [0.25, 0.3) is 0 Å². The van der Waals surface area contributed by atoms with Crippen LogP contribution < -0.4 is 20.1 Å². The highest BCUT2D eigenvalue weighted by molar-refractivity contribution is 5.79. The number of rotatable bonds is 4. The quantitative estimate of drug-likeness (QED) is 0.633. The van der Waals surface area contributed by atoms with Crippen LogP contribution in [0, 0.1) is 0 Å². The summed E-state index contributed by atoms with van der Waals surface area (Å²) < 4.78 is 49.3. The van der Waals surface area contributed by atoms with Gasteiger partial charge in [-0.1, -0.05) is 24.3 Å². The molecule has 1 aliphatic heterocycles. The molecule has 0 fully saturated rings. The predicted octanol–water partition coefficient (Wildman–Crippen LogP) is 3.21. The second kappa shape index (κ2) is 8.20. The smallest absolute Gasteiger partial charge is 0.416 e. The molecule has 0 spiro atoms. The Kier molecular flexibility index (Phi) is 5.73. The zero-order chi connectivity index (χ0) is 19.3. The Hall–Kier alpha value is -2.90. The van der Waals surface area contributed by atoms with Crippen LogP contribution in [-0.4, -0.2) is 32.3 Å². The summed E-state index contributed by atoms with van der Waals surface area (Å²) in [5.74, 6) is 1.94. The number of fused-ring (bicyclic) bond motifs is 1. The van der Waals surface area contributed by atoms with Crippen molar-refractivity contribution in [1.29, 1.82) is 0 Å². The van der Waals surface area contributed by atoms with Crippen molar-refractivity contribution in [2.45, 2.75) is 18.8 Å². The molecule has 1 heterocycles.